The van der Waals surface area contributed by atoms with Crippen molar-refractivity contribution in [2.45, 2.75) is 30.3 Å². The van der Waals surface area contributed by atoms with Gasteiger partial charge in [0.15, 0.2) is 0 Å². The van der Waals surface area contributed by atoms with Crippen LogP contribution in [0.15, 0.2) is 70.2 Å². The number of carbonyl (C=O) groups excluding carboxylic acids is 1. The van der Waals surface area contributed by atoms with Gasteiger partial charge >= 0.3 is 0 Å². The Morgan fingerprint density at radius 1 is 1.12 bits per heavy atom. The number of hydrogen-bond donors (Lipinski definition) is 1. The molecule has 1 aliphatic rings. The van der Waals surface area contributed by atoms with Crippen molar-refractivity contribution >= 4 is 15.9 Å². The molecular formula is C24H26N2O6S. The highest BCUT2D eigenvalue weighted by Gasteiger charge is 2.32. The van der Waals surface area contributed by atoms with E-state index in [2.05, 4.69) is 4.72 Å². The van der Waals surface area contributed by atoms with E-state index >= 15 is 0 Å². The summed E-state index contributed by atoms with van der Waals surface area (Å²) in [6, 6.07) is 14.8. The number of nitrogens with zero attached hydrogens (tertiary/aromatic N) is 1. The molecule has 8 nitrogen and oxygen atoms in total. The third kappa shape index (κ3) is 4.89. The first-order valence-electron chi connectivity index (χ1n) is 10.6. The number of hydrogen-bond acceptors (Lipinski definition) is 6. The summed E-state index contributed by atoms with van der Waals surface area (Å²) in [6.07, 6.45) is 3.17. The quantitative estimate of drug-likeness (QED) is 0.538. The second kappa shape index (κ2) is 9.68. The SMILES string of the molecule is COc1ccc(C2CCCN2C(=O)c2ccc(S(=O)(=O)NCc3ccco3)cc2)c(OC)c1. The van der Waals surface area contributed by atoms with Gasteiger partial charge in [-0.25, -0.2) is 13.1 Å². The van der Waals surface area contributed by atoms with E-state index in [9.17, 15) is 13.2 Å². The predicted molar refractivity (Wildman–Crippen MR) is 122 cm³/mol. The van der Waals surface area contributed by atoms with Gasteiger partial charge in [-0.15, -0.1) is 0 Å². The molecule has 3 aromatic rings. The van der Waals surface area contributed by atoms with Crippen LogP contribution in [0, 0.1) is 0 Å². The number of nitrogens with one attached hydrogen (secondary N) is 1. The molecule has 0 spiro atoms. The van der Waals surface area contributed by atoms with Crippen molar-refractivity contribution < 1.29 is 27.1 Å². The average molecular weight is 471 g/mol. The Morgan fingerprint density at radius 3 is 2.58 bits per heavy atom. The third-order valence-electron chi connectivity index (χ3n) is 5.74. The largest absolute Gasteiger partial charge is 0.497 e. The summed E-state index contributed by atoms with van der Waals surface area (Å²) in [5, 5.41) is 0. The monoisotopic (exact) mass is 470 g/mol. The summed E-state index contributed by atoms with van der Waals surface area (Å²) >= 11 is 0. The summed E-state index contributed by atoms with van der Waals surface area (Å²) in [6.45, 7) is 0.665. The molecule has 4 rings (SSSR count). The van der Waals surface area contributed by atoms with E-state index in [1.54, 1.807) is 38.5 Å². The lowest BCUT2D eigenvalue weighted by atomic mass is 10.0. The van der Waals surface area contributed by atoms with Gasteiger partial charge in [0.2, 0.25) is 10.0 Å². The van der Waals surface area contributed by atoms with Gasteiger partial charge in [-0.3, -0.25) is 4.79 Å². The van der Waals surface area contributed by atoms with Crippen molar-refractivity contribution in [3.63, 3.8) is 0 Å². The number of sulfonamides is 1. The van der Waals surface area contributed by atoms with E-state index in [0.29, 0.717) is 29.4 Å². The van der Waals surface area contributed by atoms with Gasteiger partial charge in [-0.05, 0) is 61.4 Å². The van der Waals surface area contributed by atoms with Crippen LogP contribution in [0.5, 0.6) is 11.5 Å². The molecule has 0 saturated carbocycles. The van der Waals surface area contributed by atoms with Gasteiger partial charge in [-0.1, -0.05) is 0 Å². The fraction of sp³-hybridized carbons (Fsp3) is 0.292. The molecule has 174 valence electrons. The molecular weight excluding hydrogens is 444 g/mol. The number of rotatable bonds is 8. The highest BCUT2D eigenvalue weighted by atomic mass is 32.2. The smallest absolute Gasteiger partial charge is 0.254 e. The molecule has 33 heavy (non-hydrogen) atoms. The van der Waals surface area contributed by atoms with Crippen LogP contribution in [0.4, 0.5) is 0 Å². The Hall–Kier alpha value is -3.30. The first-order chi connectivity index (χ1) is 15.9. The minimum absolute atomic E-state index is 0.0508. The Balaban J connectivity index is 1.51. The van der Waals surface area contributed by atoms with Crippen LogP contribution in [-0.4, -0.2) is 40.0 Å². The van der Waals surface area contributed by atoms with Crippen molar-refractivity contribution in [1.82, 2.24) is 9.62 Å². The van der Waals surface area contributed by atoms with E-state index in [1.807, 2.05) is 23.1 Å². The number of likely N-dealkylation sites (tertiary alicyclic amines) is 1. The fourth-order valence-corrected chi connectivity index (χ4v) is 5.03. The van der Waals surface area contributed by atoms with Crippen LogP contribution in [0.1, 0.15) is 40.6 Å². The third-order valence-corrected chi connectivity index (χ3v) is 7.16. The first kappa shape index (κ1) is 22.9. The van der Waals surface area contributed by atoms with Crippen molar-refractivity contribution in [1.29, 1.82) is 0 Å². The van der Waals surface area contributed by atoms with Gasteiger partial charge in [0, 0.05) is 23.7 Å². The molecule has 0 aliphatic carbocycles. The molecule has 1 atom stereocenters. The Bertz CT molecular complexity index is 1210. The minimum atomic E-state index is -3.73. The number of carbonyl (C=O) groups is 1. The molecule has 1 fully saturated rings. The number of amides is 1. The number of furan rings is 1. The average Bonchev–Trinajstić information content (AvgIpc) is 3.54. The van der Waals surface area contributed by atoms with E-state index < -0.39 is 10.0 Å². The molecule has 2 aromatic carbocycles. The first-order valence-corrected chi connectivity index (χ1v) is 12.1. The highest BCUT2D eigenvalue weighted by Crippen LogP contribution is 2.39. The lowest BCUT2D eigenvalue weighted by Crippen LogP contribution is -2.31. The van der Waals surface area contributed by atoms with E-state index in [1.165, 1.54) is 18.4 Å². The molecule has 0 bridgehead atoms. The number of methoxy groups -OCH3 is 2. The molecule has 1 unspecified atom stereocenters. The summed E-state index contributed by atoms with van der Waals surface area (Å²) in [5.74, 6) is 1.72. The van der Waals surface area contributed by atoms with Crippen LogP contribution in [-0.2, 0) is 16.6 Å². The molecule has 9 heteroatoms. The summed E-state index contributed by atoms with van der Waals surface area (Å²) < 4.78 is 43.6. The van der Waals surface area contributed by atoms with Crippen LogP contribution in [0.3, 0.4) is 0 Å². The van der Waals surface area contributed by atoms with Gasteiger partial charge in [0.1, 0.15) is 17.3 Å². The topological polar surface area (TPSA) is 98.1 Å². The zero-order chi connectivity index (χ0) is 23.4. The molecule has 1 saturated heterocycles. The molecule has 1 aromatic heterocycles. The highest BCUT2D eigenvalue weighted by molar-refractivity contribution is 7.89. The summed E-state index contributed by atoms with van der Waals surface area (Å²) in [7, 11) is -0.541. The minimum Gasteiger partial charge on any atom is -0.497 e. The van der Waals surface area contributed by atoms with Gasteiger partial charge in [0.05, 0.1) is 38.0 Å². The standard InChI is InChI=1S/C24H26N2O6S/c1-30-18-9-12-21(23(15-18)31-2)22-6-3-13-26(22)24(27)17-7-10-20(11-8-17)33(28,29)25-16-19-5-4-14-32-19/h4-5,7-12,14-15,22,25H,3,6,13,16H2,1-2H3. The van der Waals surface area contributed by atoms with Gasteiger partial charge < -0.3 is 18.8 Å². The van der Waals surface area contributed by atoms with Crippen molar-refractivity contribution in [2.24, 2.45) is 0 Å². The maximum atomic E-state index is 13.3. The second-order valence-electron chi connectivity index (χ2n) is 7.69. The Labute approximate surface area is 193 Å². The molecule has 1 amide bonds. The van der Waals surface area contributed by atoms with Crippen LogP contribution in [0.2, 0.25) is 0 Å². The van der Waals surface area contributed by atoms with Gasteiger partial charge in [0.25, 0.3) is 5.91 Å². The van der Waals surface area contributed by atoms with Crippen molar-refractivity contribution in [2.75, 3.05) is 20.8 Å². The van der Waals surface area contributed by atoms with E-state index in [-0.39, 0.29) is 23.4 Å². The van der Waals surface area contributed by atoms with E-state index in [0.717, 1.165) is 18.4 Å². The maximum absolute atomic E-state index is 13.3. The molecule has 0 radical (unpaired) electrons. The van der Waals surface area contributed by atoms with Crippen LogP contribution < -0.4 is 14.2 Å². The normalized spacial score (nSPS) is 16.1. The van der Waals surface area contributed by atoms with E-state index in [4.69, 9.17) is 13.9 Å². The van der Waals surface area contributed by atoms with Crippen LogP contribution in [0.25, 0.3) is 0 Å². The molecule has 2 heterocycles. The zero-order valence-corrected chi connectivity index (χ0v) is 19.3. The molecule has 1 aliphatic heterocycles. The van der Waals surface area contributed by atoms with Crippen molar-refractivity contribution in [3.05, 3.63) is 77.7 Å². The van der Waals surface area contributed by atoms with Crippen LogP contribution >= 0.6 is 0 Å². The maximum Gasteiger partial charge on any atom is 0.254 e. The lowest BCUT2D eigenvalue weighted by Gasteiger charge is -2.26. The Kier molecular flexibility index (Phi) is 6.71. The Morgan fingerprint density at radius 2 is 1.91 bits per heavy atom. The molecule has 1 N–H and O–H groups in total. The van der Waals surface area contributed by atoms with Gasteiger partial charge in [-0.2, -0.15) is 0 Å². The summed E-state index contributed by atoms with van der Waals surface area (Å²) in [4.78, 5) is 15.2. The lowest BCUT2D eigenvalue weighted by molar-refractivity contribution is 0.0734. The zero-order valence-electron chi connectivity index (χ0n) is 18.5. The number of benzene rings is 2. The summed E-state index contributed by atoms with van der Waals surface area (Å²) in [5.41, 5.74) is 1.35. The second-order valence-corrected chi connectivity index (χ2v) is 9.46. The predicted octanol–water partition coefficient (Wildman–Crippen LogP) is 3.75. The number of ether oxygens (including phenoxy) is 2. The van der Waals surface area contributed by atoms with Crippen molar-refractivity contribution in [3.8, 4) is 11.5 Å². The fourth-order valence-electron chi connectivity index (χ4n) is 4.03.